The van der Waals surface area contributed by atoms with E-state index in [1.807, 2.05) is 0 Å². The standard InChI is InChI=1S/C25H34N2O4S2/c28-16-19-32-33-20-18-31-24(29)21-30-17-15-26-11-13-27(14-12-26)25(22-7-3-1-4-8-22)23-9-5-2-6-10-23/h1-10,25,28H,11-21H2. The molecule has 0 radical (unpaired) electrons. The predicted molar refractivity (Wildman–Crippen MR) is 137 cm³/mol. The Kier molecular flexibility index (Phi) is 12.1. The van der Waals surface area contributed by atoms with Gasteiger partial charge in [0, 0.05) is 44.2 Å². The number of hydrogen-bond acceptors (Lipinski definition) is 8. The molecule has 1 heterocycles. The first-order valence-corrected chi connectivity index (χ1v) is 13.9. The Labute approximate surface area is 205 Å². The van der Waals surface area contributed by atoms with Gasteiger partial charge in [-0.3, -0.25) is 9.80 Å². The lowest BCUT2D eigenvalue weighted by atomic mass is 9.96. The largest absolute Gasteiger partial charge is 0.463 e. The van der Waals surface area contributed by atoms with Gasteiger partial charge in [-0.15, -0.1) is 0 Å². The Morgan fingerprint density at radius 3 is 2.09 bits per heavy atom. The molecule has 3 rings (SSSR count). The minimum Gasteiger partial charge on any atom is -0.463 e. The van der Waals surface area contributed by atoms with E-state index in [4.69, 9.17) is 14.6 Å². The summed E-state index contributed by atoms with van der Waals surface area (Å²) >= 11 is 0. The molecule has 1 saturated heterocycles. The molecule has 1 aliphatic heterocycles. The fourth-order valence-electron chi connectivity index (χ4n) is 3.87. The van der Waals surface area contributed by atoms with Crippen molar-refractivity contribution >= 4 is 27.6 Å². The van der Waals surface area contributed by atoms with Crippen LogP contribution < -0.4 is 0 Å². The maximum atomic E-state index is 11.7. The molecule has 0 bridgehead atoms. The lowest BCUT2D eigenvalue weighted by Crippen LogP contribution is -2.48. The van der Waals surface area contributed by atoms with Crippen LogP contribution in [0.2, 0.25) is 0 Å². The van der Waals surface area contributed by atoms with Crippen LogP contribution in [0.5, 0.6) is 0 Å². The summed E-state index contributed by atoms with van der Waals surface area (Å²) in [4.78, 5) is 16.7. The molecule has 33 heavy (non-hydrogen) atoms. The van der Waals surface area contributed by atoms with Crippen molar-refractivity contribution in [2.24, 2.45) is 0 Å². The molecule has 0 amide bonds. The fraction of sp³-hybridized carbons (Fsp3) is 0.480. The second kappa shape index (κ2) is 15.4. The fourth-order valence-corrected chi connectivity index (χ4v) is 5.46. The summed E-state index contributed by atoms with van der Waals surface area (Å²) in [7, 11) is 3.17. The number of nitrogens with zero attached hydrogens (tertiary/aromatic N) is 2. The van der Waals surface area contributed by atoms with Crippen LogP contribution in [0.25, 0.3) is 0 Å². The molecule has 0 atom stereocenters. The zero-order valence-corrected chi connectivity index (χ0v) is 20.6. The van der Waals surface area contributed by atoms with Gasteiger partial charge in [-0.25, -0.2) is 4.79 Å². The summed E-state index contributed by atoms with van der Waals surface area (Å²) in [6, 6.07) is 21.7. The SMILES string of the molecule is O=C(COCCN1CCN(C(c2ccccc2)c2ccccc2)CC1)OCCSSCCO. The molecule has 1 N–H and O–H groups in total. The molecule has 2 aromatic rings. The van der Waals surface area contributed by atoms with Crippen LogP contribution in [0, 0.1) is 0 Å². The van der Waals surface area contributed by atoms with Gasteiger partial charge in [-0.1, -0.05) is 82.3 Å². The van der Waals surface area contributed by atoms with Crippen molar-refractivity contribution in [3.05, 3.63) is 71.8 Å². The normalized spacial score (nSPS) is 15.1. The minimum absolute atomic E-state index is 0.00149. The number of carbonyl (C=O) groups excluding carboxylic acids is 1. The topological polar surface area (TPSA) is 62.2 Å². The number of carbonyl (C=O) groups is 1. The molecule has 0 spiro atoms. The van der Waals surface area contributed by atoms with E-state index >= 15 is 0 Å². The maximum absolute atomic E-state index is 11.7. The molecule has 8 heteroatoms. The van der Waals surface area contributed by atoms with E-state index in [2.05, 4.69) is 70.5 Å². The predicted octanol–water partition coefficient (Wildman–Crippen LogP) is 3.33. The second-order valence-electron chi connectivity index (χ2n) is 7.74. The molecule has 0 aliphatic carbocycles. The van der Waals surface area contributed by atoms with Crippen LogP contribution in [0.4, 0.5) is 0 Å². The maximum Gasteiger partial charge on any atom is 0.332 e. The lowest BCUT2D eigenvalue weighted by molar-refractivity contribution is -0.148. The molecular formula is C25H34N2O4S2. The van der Waals surface area contributed by atoms with E-state index in [-0.39, 0.29) is 25.2 Å². The highest BCUT2D eigenvalue weighted by Gasteiger charge is 2.26. The summed E-state index contributed by atoms with van der Waals surface area (Å²) in [5, 5.41) is 8.72. The van der Waals surface area contributed by atoms with Crippen LogP contribution in [0.15, 0.2) is 60.7 Å². The van der Waals surface area contributed by atoms with Crippen molar-refractivity contribution < 1.29 is 19.4 Å². The average molecular weight is 491 g/mol. The first-order chi connectivity index (χ1) is 16.3. The minimum atomic E-state index is -0.318. The van der Waals surface area contributed by atoms with Crippen molar-refractivity contribution in [1.29, 1.82) is 0 Å². The van der Waals surface area contributed by atoms with Gasteiger partial charge in [-0.2, -0.15) is 0 Å². The number of piperazine rings is 1. The Bertz CT molecular complexity index is 750. The van der Waals surface area contributed by atoms with Crippen molar-refractivity contribution in [2.75, 3.05) is 70.7 Å². The molecule has 0 aromatic heterocycles. The van der Waals surface area contributed by atoms with E-state index in [1.54, 1.807) is 21.6 Å². The van der Waals surface area contributed by atoms with Crippen molar-refractivity contribution in [3.8, 4) is 0 Å². The molecule has 6 nitrogen and oxygen atoms in total. The van der Waals surface area contributed by atoms with E-state index < -0.39 is 0 Å². The lowest BCUT2D eigenvalue weighted by Gasteiger charge is -2.39. The van der Waals surface area contributed by atoms with Crippen molar-refractivity contribution in [3.63, 3.8) is 0 Å². The first kappa shape index (κ1) is 26.1. The Morgan fingerprint density at radius 2 is 1.48 bits per heavy atom. The number of aliphatic hydroxyl groups excluding tert-OH is 1. The molecule has 1 aliphatic rings. The van der Waals surface area contributed by atoms with Gasteiger partial charge in [-0.05, 0) is 11.1 Å². The molecular weight excluding hydrogens is 456 g/mol. The van der Waals surface area contributed by atoms with Crippen LogP contribution in [-0.2, 0) is 14.3 Å². The van der Waals surface area contributed by atoms with Crippen LogP contribution in [0.3, 0.4) is 0 Å². The smallest absolute Gasteiger partial charge is 0.332 e. The third-order valence-corrected chi connectivity index (χ3v) is 7.81. The zero-order valence-electron chi connectivity index (χ0n) is 19.0. The molecule has 1 fully saturated rings. The quantitative estimate of drug-likeness (QED) is 0.246. The van der Waals surface area contributed by atoms with Gasteiger partial charge in [0.15, 0.2) is 0 Å². The third-order valence-electron chi connectivity index (χ3n) is 5.46. The van der Waals surface area contributed by atoms with Gasteiger partial charge >= 0.3 is 5.97 Å². The van der Waals surface area contributed by atoms with Gasteiger partial charge in [0.1, 0.15) is 13.2 Å². The second-order valence-corrected chi connectivity index (χ2v) is 10.4. The van der Waals surface area contributed by atoms with Gasteiger partial charge < -0.3 is 14.6 Å². The van der Waals surface area contributed by atoms with E-state index in [1.165, 1.54) is 11.1 Å². The summed E-state index contributed by atoms with van der Waals surface area (Å²) in [5.74, 6) is 1.09. The summed E-state index contributed by atoms with van der Waals surface area (Å²) in [6.07, 6.45) is 0. The van der Waals surface area contributed by atoms with Crippen LogP contribution in [0.1, 0.15) is 17.2 Å². The van der Waals surface area contributed by atoms with E-state index in [0.717, 1.165) is 32.7 Å². The number of aliphatic hydroxyl groups is 1. The van der Waals surface area contributed by atoms with Crippen LogP contribution in [-0.4, -0.2) is 91.5 Å². The van der Waals surface area contributed by atoms with Gasteiger partial charge in [0.2, 0.25) is 0 Å². The van der Waals surface area contributed by atoms with E-state index in [9.17, 15) is 4.79 Å². The number of hydrogen-bond donors (Lipinski definition) is 1. The molecule has 180 valence electrons. The van der Waals surface area contributed by atoms with Gasteiger partial charge in [0.25, 0.3) is 0 Å². The van der Waals surface area contributed by atoms with E-state index in [0.29, 0.717) is 24.7 Å². The highest BCUT2D eigenvalue weighted by atomic mass is 33.1. The van der Waals surface area contributed by atoms with Crippen molar-refractivity contribution in [2.45, 2.75) is 6.04 Å². The summed E-state index contributed by atoms with van der Waals surface area (Å²) in [5.41, 5.74) is 2.65. The highest BCUT2D eigenvalue weighted by molar-refractivity contribution is 8.76. The third kappa shape index (κ3) is 9.31. The molecule has 2 aromatic carbocycles. The zero-order chi connectivity index (χ0) is 23.1. The van der Waals surface area contributed by atoms with Gasteiger partial charge in [0.05, 0.1) is 19.3 Å². The highest BCUT2D eigenvalue weighted by Crippen LogP contribution is 2.29. The number of benzene rings is 2. The van der Waals surface area contributed by atoms with Crippen LogP contribution >= 0.6 is 21.6 Å². The number of ether oxygens (including phenoxy) is 2. The molecule has 0 saturated carbocycles. The monoisotopic (exact) mass is 490 g/mol. The van der Waals surface area contributed by atoms with Crippen molar-refractivity contribution in [1.82, 2.24) is 9.80 Å². The average Bonchev–Trinajstić information content (AvgIpc) is 2.86. The number of rotatable bonds is 14. The summed E-state index contributed by atoms with van der Waals surface area (Å²) in [6.45, 7) is 5.81. The summed E-state index contributed by atoms with van der Waals surface area (Å²) < 4.78 is 10.7. The Morgan fingerprint density at radius 1 is 0.879 bits per heavy atom. The first-order valence-electron chi connectivity index (χ1n) is 11.4. The number of esters is 1. The Balaban J connectivity index is 1.35. The molecule has 0 unspecified atom stereocenters. The Hall–Kier alpha value is -1.55.